The van der Waals surface area contributed by atoms with Crippen molar-refractivity contribution in [1.29, 1.82) is 0 Å². The van der Waals surface area contributed by atoms with Crippen LogP contribution < -0.4 is 14.8 Å². The topological polar surface area (TPSA) is 84.5 Å². The van der Waals surface area contributed by atoms with Gasteiger partial charge in [-0.1, -0.05) is 36.4 Å². The van der Waals surface area contributed by atoms with Crippen molar-refractivity contribution in [3.63, 3.8) is 0 Å². The van der Waals surface area contributed by atoms with Crippen molar-refractivity contribution in [2.75, 3.05) is 11.3 Å². The Kier molecular flexibility index (Phi) is 6.97. The van der Waals surface area contributed by atoms with E-state index in [-0.39, 0.29) is 16.8 Å². The number of nitrogens with one attached hydrogen (secondary N) is 2. The number of sulfonamides is 1. The van der Waals surface area contributed by atoms with Gasteiger partial charge in [0.05, 0.1) is 23.2 Å². The number of ether oxygens (including phenoxy) is 1. The lowest BCUT2D eigenvalue weighted by molar-refractivity contribution is 0.0940. The molecular formula is C24H26N2O4S. The van der Waals surface area contributed by atoms with Crippen molar-refractivity contribution < 1.29 is 17.9 Å². The highest BCUT2D eigenvalue weighted by Crippen LogP contribution is 2.22. The quantitative estimate of drug-likeness (QED) is 0.535. The van der Waals surface area contributed by atoms with Gasteiger partial charge in [-0.25, -0.2) is 8.42 Å². The van der Waals surface area contributed by atoms with E-state index in [1.807, 2.05) is 38.1 Å². The van der Waals surface area contributed by atoms with Crippen molar-refractivity contribution in [3.8, 4) is 5.75 Å². The van der Waals surface area contributed by atoms with Gasteiger partial charge in [0, 0.05) is 5.56 Å². The zero-order valence-corrected chi connectivity index (χ0v) is 18.6. The fourth-order valence-corrected chi connectivity index (χ4v) is 4.20. The molecule has 2 N–H and O–H groups in total. The summed E-state index contributed by atoms with van der Waals surface area (Å²) in [6.45, 7) is 6.19. The van der Waals surface area contributed by atoms with Gasteiger partial charge in [0.1, 0.15) is 5.75 Å². The number of carbonyl (C=O) groups is 1. The summed E-state index contributed by atoms with van der Waals surface area (Å²) in [6.07, 6.45) is 0. The summed E-state index contributed by atoms with van der Waals surface area (Å²) in [5, 5.41) is 2.95. The number of anilines is 1. The van der Waals surface area contributed by atoms with E-state index in [0.29, 0.717) is 17.9 Å². The molecule has 31 heavy (non-hydrogen) atoms. The van der Waals surface area contributed by atoms with E-state index < -0.39 is 10.0 Å². The number of carbonyl (C=O) groups excluding carboxylic acids is 1. The Balaban J connectivity index is 1.75. The highest BCUT2D eigenvalue weighted by atomic mass is 32.2. The minimum Gasteiger partial charge on any atom is -0.494 e. The maximum atomic E-state index is 12.8. The largest absolute Gasteiger partial charge is 0.494 e. The standard InChI is InChI=1S/C24H26N2O4S/c1-4-30-21-14-12-19(13-15-21)18(3)25-24(27)20-11-10-17(2)23(16-20)26-31(28,29)22-8-6-5-7-9-22/h5-16,18,26H,4H2,1-3H3,(H,25,27)/t18-/m1/s1. The predicted octanol–water partition coefficient (Wildman–Crippen LogP) is 4.69. The van der Waals surface area contributed by atoms with Gasteiger partial charge in [-0.2, -0.15) is 0 Å². The first-order valence-corrected chi connectivity index (χ1v) is 11.5. The van der Waals surface area contributed by atoms with Gasteiger partial charge in [-0.15, -0.1) is 0 Å². The molecule has 3 aromatic rings. The molecule has 0 spiro atoms. The molecule has 0 aliphatic carbocycles. The lowest BCUT2D eigenvalue weighted by Crippen LogP contribution is -2.26. The Labute approximate surface area is 183 Å². The second kappa shape index (κ2) is 9.66. The Morgan fingerprint density at radius 3 is 2.32 bits per heavy atom. The van der Waals surface area contributed by atoms with Crippen LogP contribution in [0.25, 0.3) is 0 Å². The maximum Gasteiger partial charge on any atom is 0.261 e. The molecule has 3 aromatic carbocycles. The number of aryl methyl sites for hydroxylation is 1. The van der Waals surface area contributed by atoms with E-state index in [9.17, 15) is 13.2 Å². The van der Waals surface area contributed by atoms with Crippen molar-refractivity contribution in [2.24, 2.45) is 0 Å². The highest BCUT2D eigenvalue weighted by molar-refractivity contribution is 7.92. The molecule has 0 saturated heterocycles. The van der Waals surface area contributed by atoms with Crippen LogP contribution in [0.3, 0.4) is 0 Å². The van der Waals surface area contributed by atoms with Crippen LogP contribution in [0.4, 0.5) is 5.69 Å². The third kappa shape index (κ3) is 5.64. The molecule has 0 saturated carbocycles. The highest BCUT2D eigenvalue weighted by Gasteiger charge is 2.17. The zero-order chi connectivity index (χ0) is 22.4. The van der Waals surface area contributed by atoms with Gasteiger partial charge in [0.25, 0.3) is 15.9 Å². The molecule has 0 fully saturated rings. The van der Waals surface area contributed by atoms with E-state index in [1.165, 1.54) is 12.1 Å². The molecule has 0 aromatic heterocycles. The van der Waals surface area contributed by atoms with Crippen LogP contribution >= 0.6 is 0 Å². The summed E-state index contributed by atoms with van der Waals surface area (Å²) >= 11 is 0. The minimum absolute atomic E-state index is 0.161. The monoisotopic (exact) mass is 438 g/mol. The molecule has 1 amide bonds. The fourth-order valence-electron chi connectivity index (χ4n) is 3.06. The average molecular weight is 439 g/mol. The Morgan fingerprint density at radius 1 is 1.00 bits per heavy atom. The van der Waals surface area contributed by atoms with Gasteiger partial charge >= 0.3 is 0 Å². The molecule has 1 atom stereocenters. The van der Waals surface area contributed by atoms with Crippen molar-refractivity contribution in [1.82, 2.24) is 5.32 Å². The van der Waals surface area contributed by atoms with Crippen molar-refractivity contribution in [2.45, 2.75) is 31.7 Å². The molecular weight excluding hydrogens is 412 g/mol. The molecule has 0 aliphatic rings. The van der Waals surface area contributed by atoms with E-state index in [4.69, 9.17) is 4.74 Å². The first kappa shape index (κ1) is 22.4. The predicted molar refractivity (Wildman–Crippen MR) is 122 cm³/mol. The summed E-state index contributed by atoms with van der Waals surface area (Å²) in [5.41, 5.74) is 2.39. The van der Waals surface area contributed by atoms with Crippen LogP contribution in [0.5, 0.6) is 5.75 Å². The van der Waals surface area contributed by atoms with E-state index in [2.05, 4.69) is 10.0 Å². The number of hydrogen-bond acceptors (Lipinski definition) is 4. The van der Waals surface area contributed by atoms with Gasteiger partial charge in [0.2, 0.25) is 0 Å². The lowest BCUT2D eigenvalue weighted by Gasteiger charge is -2.16. The van der Waals surface area contributed by atoms with Crippen molar-refractivity contribution in [3.05, 3.63) is 89.5 Å². The first-order valence-electron chi connectivity index (χ1n) is 10.0. The van der Waals surface area contributed by atoms with Crippen LogP contribution in [-0.4, -0.2) is 20.9 Å². The number of benzene rings is 3. The van der Waals surface area contributed by atoms with Gasteiger partial charge < -0.3 is 10.1 Å². The van der Waals surface area contributed by atoms with Crippen LogP contribution in [0.15, 0.2) is 77.7 Å². The van der Waals surface area contributed by atoms with Crippen LogP contribution in [0, 0.1) is 6.92 Å². The summed E-state index contributed by atoms with van der Waals surface area (Å²) in [5.74, 6) is 0.486. The normalized spacial score (nSPS) is 12.1. The van der Waals surface area contributed by atoms with Crippen LogP contribution in [-0.2, 0) is 10.0 Å². The molecule has 3 rings (SSSR count). The Hall–Kier alpha value is -3.32. The number of hydrogen-bond donors (Lipinski definition) is 2. The summed E-state index contributed by atoms with van der Waals surface area (Å²) in [4.78, 5) is 12.9. The van der Waals surface area contributed by atoms with E-state index in [1.54, 1.807) is 43.3 Å². The summed E-state index contributed by atoms with van der Waals surface area (Å²) in [7, 11) is -3.75. The third-order valence-electron chi connectivity index (χ3n) is 4.84. The van der Waals surface area contributed by atoms with Gasteiger partial charge in [-0.3, -0.25) is 9.52 Å². The molecule has 0 radical (unpaired) electrons. The zero-order valence-electron chi connectivity index (χ0n) is 17.8. The Morgan fingerprint density at radius 2 is 1.68 bits per heavy atom. The third-order valence-corrected chi connectivity index (χ3v) is 6.22. The number of rotatable bonds is 8. The SMILES string of the molecule is CCOc1ccc([C@@H](C)NC(=O)c2ccc(C)c(NS(=O)(=O)c3ccccc3)c2)cc1. The fraction of sp³-hybridized carbons (Fsp3) is 0.208. The van der Waals surface area contributed by atoms with Gasteiger partial charge in [-0.05, 0) is 68.3 Å². The second-order valence-corrected chi connectivity index (χ2v) is 8.83. The smallest absolute Gasteiger partial charge is 0.261 e. The first-order chi connectivity index (χ1) is 14.8. The second-order valence-electron chi connectivity index (χ2n) is 7.15. The average Bonchev–Trinajstić information content (AvgIpc) is 2.76. The van der Waals surface area contributed by atoms with Crippen molar-refractivity contribution >= 4 is 21.6 Å². The molecule has 0 bridgehead atoms. The summed E-state index contributed by atoms with van der Waals surface area (Å²) < 4.78 is 33.3. The summed E-state index contributed by atoms with van der Waals surface area (Å²) in [6, 6.07) is 20.4. The minimum atomic E-state index is -3.75. The van der Waals surface area contributed by atoms with Crippen LogP contribution in [0.1, 0.15) is 41.4 Å². The molecule has 0 heterocycles. The van der Waals surface area contributed by atoms with Gasteiger partial charge in [0.15, 0.2) is 0 Å². The number of amides is 1. The maximum absolute atomic E-state index is 12.8. The van der Waals surface area contributed by atoms with E-state index >= 15 is 0 Å². The van der Waals surface area contributed by atoms with Crippen LogP contribution in [0.2, 0.25) is 0 Å². The molecule has 0 unspecified atom stereocenters. The lowest BCUT2D eigenvalue weighted by atomic mass is 10.1. The molecule has 6 nitrogen and oxygen atoms in total. The Bertz CT molecular complexity index is 1140. The molecule has 162 valence electrons. The molecule has 0 aliphatic heterocycles. The molecule has 7 heteroatoms. The van der Waals surface area contributed by atoms with E-state index in [0.717, 1.165) is 16.9 Å².